The second kappa shape index (κ2) is 5.14. The van der Waals surface area contributed by atoms with Gasteiger partial charge in [-0.25, -0.2) is 0 Å². The lowest BCUT2D eigenvalue weighted by Gasteiger charge is -2.45. The fourth-order valence-electron chi connectivity index (χ4n) is 3.07. The highest BCUT2D eigenvalue weighted by molar-refractivity contribution is 5.99. The Morgan fingerprint density at radius 2 is 1.95 bits per heavy atom. The highest BCUT2D eigenvalue weighted by Gasteiger charge is 2.46. The summed E-state index contributed by atoms with van der Waals surface area (Å²) in [4.78, 5) is 26.6. The molecule has 1 saturated carbocycles. The lowest BCUT2D eigenvalue weighted by molar-refractivity contribution is -0.155. The fourth-order valence-corrected chi connectivity index (χ4v) is 3.07. The molecule has 2 aliphatic rings. The van der Waals surface area contributed by atoms with Crippen LogP contribution in [0.25, 0.3) is 0 Å². The molecule has 2 rings (SSSR count). The molecule has 0 aromatic heterocycles. The Morgan fingerprint density at radius 1 is 1.32 bits per heavy atom. The van der Waals surface area contributed by atoms with Crippen LogP contribution in [0.2, 0.25) is 0 Å². The van der Waals surface area contributed by atoms with Crippen molar-refractivity contribution in [1.29, 1.82) is 0 Å². The highest BCUT2D eigenvalue weighted by Crippen LogP contribution is 2.31. The van der Waals surface area contributed by atoms with Gasteiger partial charge >= 0.3 is 0 Å². The van der Waals surface area contributed by atoms with E-state index in [9.17, 15) is 9.59 Å². The molecular weight excluding hydrogens is 240 g/mol. The Bertz CT molecular complexity index is 372. The number of piperazine rings is 1. The average molecular weight is 266 g/mol. The van der Waals surface area contributed by atoms with Gasteiger partial charge in [-0.1, -0.05) is 33.1 Å². The van der Waals surface area contributed by atoms with Crippen LogP contribution >= 0.6 is 0 Å². The molecular formula is C15H26N2O2. The van der Waals surface area contributed by atoms with Crippen molar-refractivity contribution >= 4 is 11.8 Å². The number of carbonyl (C=O) groups is 2. The number of amides is 2. The average Bonchev–Trinajstić information content (AvgIpc) is 2.21. The molecule has 1 saturated heterocycles. The quantitative estimate of drug-likeness (QED) is 0.845. The molecule has 2 fully saturated rings. The molecule has 1 atom stereocenters. The molecule has 0 aromatic carbocycles. The van der Waals surface area contributed by atoms with E-state index in [-0.39, 0.29) is 23.8 Å². The Kier molecular flexibility index (Phi) is 3.88. The van der Waals surface area contributed by atoms with Crippen LogP contribution in [0.3, 0.4) is 0 Å². The van der Waals surface area contributed by atoms with Gasteiger partial charge in [0.25, 0.3) is 0 Å². The van der Waals surface area contributed by atoms with Gasteiger partial charge in [0.1, 0.15) is 11.6 Å². The van der Waals surface area contributed by atoms with Crippen LogP contribution in [0.15, 0.2) is 0 Å². The normalized spacial score (nSPS) is 27.4. The molecule has 1 aliphatic heterocycles. The number of nitrogens with one attached hydrogen (secondary N) is 1. The van der Waals surface area contributed by atoms with Crippen molar-refractivity contribution in [2.24, 2.45) is 11.8 Å². The monoisotopic (exact) mass is 266 g/mol. The van der Waals surface area contributed by atoms with Crippen molar-refractivity contribution in [3.8, 4) is 0 Å². The predicted octanol–water partition coefficient (Wildman–Crippen LogP) is 1.94. The van der Waals surface area contributed by atoms with Gasteiger partial charge in [0, 0.05) is 6.54 Å². The van der Waals surface area contributed by atoms with E-state index in [1.54, 1.807) is 13.8 Å². The van der Waals surface area contributed by atoms with Gasteiger partial charge in [0.15, 0.2) is 0 Å². The number of carbonyl (C=O) groups excluding carboxylic acids is 2. The van der Waals surface area contributed by atoms with Crippen molar-refractivity contribution in [2.45, 2.75) is 65.0 Å². The molecule has 1 unspecified atom stereocenters. The van der Waals surface area contributed by atoms with Crippen LogP contribution in [-0.2, 0) is 9.59 Å². The van der Waals surface area contributed by atoms with E-state index < -0.39 is 5.54 Å². The molecule has 4 heteroatoms. The van der Waals surface area contributed by atoms with Gasteiger partial charge < -0.3 is 10.2 Å². The van der Waals surface area contributed by atoms with Crippen LogP contribution in [0.1, 0.15) is 53.4 Å². The maximum atomic E-state index is 12.5. The van der Waals surface area contributed by atoms with Gasteiger partial charge in [-0.05, 0) is 32.1 Å². The summed E-state index contributed by atoms with van der Waals surface area (Å²) in [6, 6.07) is -0.305. The molecule has 0 bridgehead atoms. The van der Waals surface area contributed by atoms with E-state index in [0.29, 0.717) is 0 Å². The summed E-state index contributed by atoms with van der Waals surface area (Å²) in [7, 11) is 0. The molecule has 0 aromatic rings. The summed E-state index contributed by atoms with van der Waals surface area (Å²) in [5, 5.41) is 2.85. The summed E-state index contributed by atoms with van der Waals surface area (Å²) in [6.07, 6.45) is 4.92. The molecule has 0 radical (unpaired) electrons. The number of nitrogens with zero attached hydrogens (tertiary/aromatic N) is 1. The van der Waals surface area contributed by atoms with Gasteiger partial charge in [-0.2, -0.15) is 0 Å². The molecule has 1 N–H and O–H groups in total. The summed E-state index contributed by atoms with van der Waals surface area (Å²) in [5.74, 6) is 0.966. The zero-order valence-electron chi connectivity index (χ0n) is 12.5. The van der Waals surface area contributed by atoms with Crippen molar-refractivity contribution < 1.29 is 9.59 Å². The molecule has 0 spiro atoms. The molecule has 2 amide bonds. The summed E-state index contributed by atoms with van der Waals surface area (Å²) >= 11 is 0. The first-order chi connectivity index (χ1) is 8.83. The van der Waals surface area contributed by atoms with Crippen LogP contribution in [0.5, 0.6) is 0 Å². The van der Waals surface area contributed by atoms with Crippen LogP contribution in [0.4, 0.5) is 0 Å². The van der Waals surface area contributed by atoms with E-state index >= 15 is 0 Å². The van der Waals surface area contributed by atoms with E-state index in [1.807, 2.05) is 18.7 Å². The molecule has 1 heterocycles. The van der Waals surface area contributed by atoms with Crippen molar-refractivity contribution in [1.82, 2.24) is 10.2 Å². The van der Waals surface area contributed by atoms with Crippen molar-refractivity contribution in [3.63, 3.8) is 0 Å². The van der Waals surface area contributed by atoms with Crippen molar-refractivity contribution in [2.75, 3.05) is 6.54 Å². The number of hydrogen-bond donors (Lipinski definition) is 1. The smallest absolute Gasteiger partial charge is 0.248 e. The zero-order valence-corrected chi connectivity index (χ0v) is 12.5. The first kappa shape index (κ1) is 14.4. The second-order valence-electron chi connectivity index (χ2n) is 6.89. The molecule has 19 heavy (non-hydrogen) atoms. The lowest BCUT2D eigenvalue weighted by atomic mass is 9.82. The Morgan fingerprint density at radius 3 is 2.42 bits per heavy atom. The topological polar surface area (TPSA) is 49.4 Å². The van der Waals surface area contributed by atoms with Crippen LogP contribution < -0.4 is 5.32 Å². The number of hydrogen-bond acceptors (Lipinski definition) is 2. The van der Waals surface area contributed by atoms with Crippen molar-refractivity contribution in [3.05, 3.63) is 0 Å². The third kappa shape index (κ3) is 2.77. The van der Waals surface area contributed by atoms with Gasteiger partial charge in [-0.15, -0.1) is 0 Å². The first-order valence-electron chi connectivity index (χ1n) is 7.46. The Hall–Kier alpha value is -1.06. The maximum Gasteiger partial charge on any atom is 0.248 e. The minimum atomic E-state index is -0.762. The minimum Gasteiger partial charge on any atom is -0.340 e. The van der Waals surface area contributed by atoms with E-state index in [1.165, 1.54) is 19.3 Å². The fraction of sp³-hybridized carbons (Fsp3) is 0.867. The van der Waals surface area contributed by atoms with Gasteiger partial charge in [0.2, 0.25) is 11.8 Å². The van der Waals surface area contributed by atoms with Gasteiger partial charge in [-0.3, -0.25) is 9.59 Å². The number of rotatable bonds is 4. The highest BCUT2D eigenvalue weighted by atomic mass is 16.2. The predicted molar refractivity (Wildman–Crippen MR) is 74.5 cm³/mol. The summed E-state index contributed by atoms with van der Waals surface area (Å²) in [5.41, 5.74) is -0.762. The second-order valence-corrected chi connectivity index (χ2v) is 6.89. The minimum absolute atomic E-state index is 0.00629. The maximum absolute atomic E-state index is 12.5. The summed E-state index contributed by atoms with van der Waals surface area (Å²) in [6.45, 7) is 8.32. The molecule has 1 aliphatic carbocycles. The van der Waals surface area contributed by atoms with E-state index in [0.717, 1.165) is 18.9 Å². The van der Waals surface area contributed by atoms with Gasteiger partial charge in [0.05, 0.1) is 0 Å². The first-order valence-corrected chi connectivity index (χ1v) is 7.46. The third-order valence-corrected chi connectivity index (χ3v) is 4.47. The van der Waals surface area contributed by atoms with E-state index in [4.69, 9.17) is 0 Å². The molecule has 108 valence electrons. The van der Waals surface area contributed by atoms with E-state index in [2.05, 4.69) is 5.32 Å². The standard InChI is InChI=1S/C15H26N2O2/c1-10(2)12-13(18)16-15(3,4)14(19)17(12)9-8-11-6-5-7-11/h10-12H,5-9H2,1-4H3,(H,16,18). The largest absolute Gasteiger partial charge is 0.340 e. The SMILES string of the molecule is CC(C)C1C(=O)NC(C)(C)C(=O)N1CCC1CCC1. The zero-order chi connectivity index (χ0) is 14.2. The Labute approximate surface area is 115 Å². The van der Waals surface area contributed by atoms with Crippen LogP contribution in [-0.4, -0.2) is 34.8 Å². The lowest BCUT2D eigenvalue weighted by Crippen LogP contribution is -2.69. The summed E-state index contributed by atoms with van der Waals surface area (Å²) < 4.78 is 0. The Balaban J connectivity index is 2.11. The molecule has 4 nitrogen and oxygen atoms in total. The third-order valence-electron chi connectivity index (χ3n) is 4.47. The van der Waals surface area contributed by atoms with Crippen LogP contribution in [0, 0.1) is 11.8 Å².